The molecule has 0 aliphatic heterocycles. The number of benzene rings is 1. The van der Waals surface area contributed by atoms with Crippen molar-refractivity contribution in [1.82, 2.24) is 20.1 Å². The van der Waals surface area contributed by atoms with Gasteiger partial charge in [-0.15, -0.1) is 10.2 Å². The van der Waals surface area contributed by atoms with Gasteiger partial charge in [0.25, 0.3) is 0 Å². The summed E-state index contributed by atoms with van der Waals surface area (Å²) in [6.07, 6.45) is 8.42. The number of carbonyl (C=O) groups is 1. The van der Waals surface area contributed by atoms with Gasteiger partial charge in [0.1, 0.15) is 5.82 Å². The van der Waals surface area contributed by atoms with Gasteiger partial charge in [0.05, 0.1) is 5.75 Å². The molecule has 0 radical (unpaired) electrons. The first-order valence-electron chi connectivity index (χ1n) is 9.78. The molecule has 1 fully saturated rings. The third kappa shape index (κ3) is 5.54. The number of nitrogens with zero attached hydrogens (tertiary/aromatic N) is 3. The first-order valence-corrected chi connectivity index (χ1v) is 10.8. The lowest BCUT2D eigenvalue weighted by molar-refractivity contribution is -0.119. The Morgan fingerprint density at radius 1 is 1.15 bits per heavy atom. The van der Waals surface area contributed by atoms with Crippen molar-refractivity contribution in [2.45, 2.75) is 69.6 Å². The van der Waals surface area contributed by atoms with Gasteiger partial charge in [-0.2, -0.15) is 0 Å². The van der Waals surface area contributed by atoms with Crippen LogP contribution < -0.4 is 5.32 Å². The predicted octanol–water partition coefficient (Wildman–Crippen LogP) is 4.43. The molecule has 7 heteroatoms. The van der Waals surface area contributed by atoms with Crippen molar-refractivity contribution in [1.29, 1.82) is 0 Å². The van der Waals surface area contributed by atoms with Crippen molar-refractivity contribution in [3.8, 4) is 11.4 Å². The number of nitrogens with one attached hydrogen (secondary N) is 1. The van der Waals surface area contributed by atoms with E-state index in [2.05, 4.69) is 15.5 Å². The smallest absolute Gasteiger partial charge is 0.230 e. The van der Waals surface area contributed by atoms with E-state index in [9.17, 15) is 9.18 Å². The van der Waals surface area contributed by atoms with Crippen molar-refractivity contribution < 1.29 is 9.18 Å². The maximum Gasteiger partial charge on any atom is 0.230 e. The van der Waals surface area contributed by atoms with Gasteiger partial charge in [0.2, 0.25) is 5.91 Å². The number of halogens is 1. The highest BCUT2D eigenvalue weighted by molar-refractivity contribution is 7.99. The van der Waals surface area contributed by atoms with E-state index in [0.29, 0.717) is 29.3 Å². The largest absolute Gasteiger partial charge is 0.353 e. The van der Waals surface area contributed by atoms with E-state index in [1.165, 1.54) is 56.0 Å². The molecule has 1 aromatic heterocycles. The standard InChI is InChI=1S/C20H27FN4OS/c1-2-25-19(15-10-12-16(21)13-11-15)23-24-20(25)27-14-18(26)22-17-8-6-4-3-5-7-9-17/h10-13,17H,2-9,14H2,1H3,(H,22,26). The zero-order valence-corrected chi connectivity index (χ0v) is 16.6. The van der Waals surface area contributed by atoms with E-state index >= 15 is 0 Å². The molecule has 1 aromatic carbocycles. The molecule has 1 N–H and O–H groups in total. The van der Waals surface area contributed by atoms with Gasteiger partial charge in [0.15, 0.2) is 11.0 Å². The van der Waals surface area contributed by atoms with E-state index in [1.807, 2.05) is 11.5 Å². The third-order valence-electron chi connectivity index (χ3n) is 4.94. The summed E-state index contributed by atoms with van der Waals surface area (Å²) in [4.78, 5) is 12.4. The SMILES string of the molecule is CCn1c(SCC(=O)NC2CCCCCCC2)nnc1-c1ccc(F)cc1. The molecule has 27 heavy (non-hydrogen) atoms. The van der Waals surface area contributed by atoms with Crippen LogP contribution in [0, 0.1) is 5.82 Å². The molecule has 1 saturated carbocycles. The average molecular weight is 391 g/mol. The summed E-state index contributed by atoms with van der Waals surface area (Å²) in [5.41, 5.74) is 0.816. The first-order chi connectivity index (χ1) is 13.2. The van der Waals surface area contributed by atoms with Crippen molar-refractivity contribution in [2.24, 2.45) is 0 Å². The molecule has 0 spiro atoms. The first kappa shape index (κ1) is 19.9. The predicted molar refractivity (Wildman–Crippen MR) is 106 cm³/mol. The Kier molecular flexibility index (Phi) is 7.26. The van der Waals surface area contributed by atoms with Crippen molar-refractivity contribution in [3.63, 3.8) is 0 Å². The topological polar surface area (TPSA) is 59.8 Å². The van der Waals surface area contributed by atoms with Gasteiger partial charge in [-0.3, -0.25) is 4.79 Å². The van der Waals surface area contributed by atoms with Gasteiger partial charge in [-0.25, -0.2) is 4.39 Å². The van der Waals surface area contributed by atoms with Crippen LogP contribution in [0.15, 0.2) is 29.4 Å². The second-order valence-corrected chi connectivity index (χ2v) is 7.90. The van der Waals surface area contributed by atoms with E-state index in [-0.39, 0.29) is 11.7 Å². The third-order valence-corrected chi connectivity index (χ3v) is 5.90. The summed E-state index contributed by atoms with van der Waals surface area (Å²) in [6, 6.07) is 6.53. The minimum absolute atomic E-state index is 0.0551. The number of amides is 1. The number of rotatable bonds is 6. The molecule has 0 unspecified atom stereocenters. The van der Waals surface area contributed by atoms with Crippen LogP contribution in [0.5, 0.6) is 0 Å². The van der Waals surface area contributed by atoms with E-state index in [4.69, 9.17) is 0 Å². The minimum Gasteiger partial charge on any atom is -0.353 e. The fraction of sp³-hybridized carbons (Fsp3) is 0.550. The maximum atomic E-state index is 13.1. The number of thioether (sulfide) groups is 1. The van der Waals surface area contributed by atoms with Crippen molar-refractivity contribution in [2.75, 3.05) is 5.75 Å². The number of hydrogen-bond donors (Lipinski definition) is 1. The maximum absolute atomic E-state index is 13.1. The molecule has 146 valence electrons. The van der Waals surface area contributed by atoms with E-state index < -0.39 is 0 Å². The number of carbonyl (C=O) groups excluding carboxylic acids is 1. The fourth-order valence-corrected chi connectivity index (χ4v) is 4.31. The molecule has 0 bridgehead atoms. The van der Waals surface area contributed by atoms with Crippen LogP contribution in [0.25, 0.3) is 11.4 Å². The van der Waals surface area contributed by atoms with Crippen LogP contribution in [0.1, 0.15) is 51.9 Å². The Hall–Kier alpha value is -1.89. The van der Waals surface area contributed by atoms with Crippen LogP contribution in [-0.2, 0) is 11.3 Å². The lowest BCUT2D eigenvalue weighted by atomic mass is 9.97. The Balaban J connectivity index is 1.58. The summed E-state index contributed by atoms with van der Waals surface area (Å²) in [5, 5.41) is 12.4. The Morgan fingerprint density at radius 3 is 2.48 bits per heavy atom. The van der Waals surface area contributed by atoms with Gasteiger partial charge < -0.3 is 9.88 Å². The van der Waals surface area contributed by atoms with Gasteiger partial charge >= 0.3 is 0 Å². The second kappa shape index (κ2) is 9.88. The van der Waals surface area contributed by atoms with E-state index in [0.717, 1.165) is 18.4 Å². The van der Waals surface area contributed by atoms with Crippen LogP contribution in [0.3, 0.4) is 0 Å². The zero-order valence-electron chi connectivity index (χ0n) is 15.8. The van der Waals surface area contributed by atoms with E-state index in [1.54, 1.807) is 12.1 Å². The van der Waals surface area contributed by atoms with Gasteiger partial charge in [-0.1, -0.05) is 43.9 Å². The molecule has 1 heterocycles. The normalized spacial score (nSPS) is 15.9. The summed E-state index contributed by atoms with van der Waals surface area (Å²) < 4.78 is 15.1. The lowest BCUT2D eigenvalue weighted by Crippen LogP contribution is -2.36. The molecule has 0 atom stereocenters. The highest BCUT2D eigenvalue weighted by Gasteiger charge is 2.17. The van der Waals surface area contributed by atoms with Crippen LogP contribution in [0.2, 0.25) is 0 Å². The summed E-state index contributed by atoms with van der Waals surface area (Å²) >= 11 is 1.40. The summed E-state index contributed by atoms with van der Waals surface area (Å²) in [5.74, 6) is 0.805. The molecular formula is C20H27FN4OS. The Labute approximate surface area is 164 Å². The Morgan fingerprint density at radius 2 is 1.81 bits per heavy atom. The molecule has 3 rings (SSSR count). The summed E-state index contributed by atoms with van der Waals surface area (Å²) in [7, 11) is 0. The molecule has 5 nitrogen and oxygen atoms in total. The van der Waals surface area contributed by atoms with Crippen LogP contribution in [0.4, 0.5) is 4.39 Å². The Bertz CT molecular complexity index is 739. The molecule has 1 aliphatic rings. The van der Waals surface area contributed by atoms with Crippen molar-refractivity contribution >= 4 is 17.7 Å². The number of aromatic nitrogens is 3. The summed E-state index contributed by atoms with van der Waals surface area (Å²) in [6.45, 7) is 2.70. The second-order valence-electron chi connectivity index (χ2n) is 6.96. The average Bonchev–Trinajstić information content (AvgIpc) is 3.05. The highest BCUT2D eigenvalue weighted by atomic mass is 32.2. The molecule has 0 saturated heterocycles. The molecular weight excluding hydrogens is 363 g/mol. The molecule has 1 amide bonds. The van der Waals surface area contributed by atoms with Crippen LogP contribution in [-0.4, -0.2) is 32.5 Å². The monoisotopic (exact) mass is 390 g/mol. The van der Waals surface area contributed by atoms with Crippen LogP contribution >= 0.6 is 11.8 Å². The zero-order chi connectivity index (χ0) is 19.1. The highest BCUT2D eigenvalue weighted by Crippen LogP contribution is 2.24. The van der Waals surface area contributed by atoms with Crippen molar-refractivity contribution in [3.05, 3.63) is 30.1 Å². The fourth-order valence-electron chi connectivity index (χ4n) is 3.49. The molecule has 2 aromatic rings. The quantitative estimate of drug-likeness (QED) is 0.742. The van der Waals surface area contributed by atoms with Gasteiger partial charge in [0, 0.05) is 18.2 Å². The lowest BCUT2D eigenvalue weighted by Gasteiger charge is -2.20. The van der Waals surface area contributed by atoms with Gasteiger partial charge in [-0.05, 0) is 44.0 Å². The number of hydrogen-bond acceptors (Lipinski definition) is 4. The minimum atomic E-state index is -0.276. The molecule has 1 aliphatic carbocycles.